The maximum absolute atomic E-state index is 12.9. The van der Waals surface area contributed by atoms with Gasteiger partial charge in [0.2, 0.25) is 0 Å². The van der Waals surface area contributed by atoms with Gasteiger partial charge in [0.05, 0.1) is 26.9 Å². The Morgan fingerprint density at radius 1 is 1.00 bits per heavy atom. The molecule has 0 aliphatic carbocycles. The number of fused-ring (bicyclic) bond motifs is 1. The molecule has 4 rings (SSSR count). The Morgan fingerprint density at radius 3 is 2.38 bits per heavy atom. The standard InChI is InChI=1S/C27H20Cl2F3N3O5/c28-21-8-1-15(11-22(21)29)14-40-19-5-2-16(3-6-19)24(36)12-17(26(38)39)9-10-35-25(37)20-7-4-18(27(30,31)32)13-23(20)33-34-35/h1-8,11,13,17H,9-10,12,14H2,(H,38,39). The van der Waals surface area contributed by atoms with E-state index >= 15 is 0 Å². The maximum atomic E-state index is 12.9. The van der Waals surface area contributed by atoms with Crippen molar-refractivity contribution in [1.82, 2.24) is 15.0 Å². The molecule has 0 aliphatic heterocycles. The van der Waals surface area contributed by atoms with E-state index in [2.05, 4.69) is 10.3 Å². The SMILES string of the molecule is O=C(CC(CCn1nnc2cc(C(F)(F)F)ccc2c1=O)C(=O)O)c1ccc(OCc2ccc(Cl)c(Cl)c2)cc1. The Bertz CT molecular complexity index is 1630. The first-order chi connectivity index (χ1) is 18.9. The lowest BCUT2D eigenvalue weighted by Gasteiger charge is -2.13. The average Bonchev–Trinajstić information content (AvgIpc) is 2.92. The molecule has 0 saturated heterocycles. The number of hydrogen-bond donors (Lipinski definition) is 1. The topological polar surface area (TPSA) is 111 Å². The van der Waals surface area contributed by atoms with E-state index < -0.39 is 35.0 Å². The normalized spacial score (nSPS) is 12.3. The number of hydrogen-bond acceptors (Lipinski definition) is 6. The lowest BCUT2D eigenvalue weighted by Crippen LogP contribution is -2.27. The van der Waals surface area contributed by atoms with Gasteiger partial charge in [0, 0.05) is 18.5 Å². The van der Waals surface area contributed by atoms with Crippen LogP contribution in [0.25, 0.3) is 10.9 Å². The van der Waals surface area contributed by atoms with Crippen LogP contribution in [-0.4, -0.2) is 31.9 Å². The Balaban J connectivity index is 1.38. The number of nitrogens with zero attached hydrogens (tertiary/aromatic N) is 3. The van der Waals surface area contributed by atoms with E-state index in [4.69, 9.17) is 27.9 Å². The molecule has 1 atom stereocenters. The number of halogens is 5. The van der Waals surface area contributed by atoms with Crippen molar-refractivity contribution in [2.24, 2.45) is 5.92 Å². The van der Waals surface area contributed by atoms with Crippen molar-refractivity contribution in [2.45, 2.75) is 32.2 Å². The van der Waals surface area contributed by atoms with E-state index in [0.29, 0.717) is 15.8 Å². The molecule has 3 aromatic carbocycles. The van der Waals surface area contributed by atoms with E-state index in [0.717, 1.165) is 28.4 Å². The molecule has 1 unspecified atom stereocenters. The predicted octanol–water partition coefficient (Wildman–Crippen LogP) is 6.06. The molecule has 1 N–H and O–H groups in total. The number of Topliss-reactive ketones (excluding diaryl/α,β-unsaturated/α-hetero) is 1. The van der Waals surface area contributed by atoms with Crippen LogP contribution in [0.2, 0.25) is 10.0 Å². The zero-order valence-corrected chi connectivity index (χ0v) is 22.0. The molecule has 0 fully saturated rings. The van der Waals surface area contributed by atoms with Crippen LogP contribution in [0.3, 0.4) is 0 Å². The number of carboxylic acids is 1. The van der Waals surface area contributed by atoms with Gasteiger partial charge in [-0.3, -0.25) is 14.4 Å². The van der Waals surface area contributed by atoms with Crippen molar-refractivity contribution in [3.63, 3.8) is 0 Å². The van der Waals surface area contributed by atoms with Crippen molar-refractivity contribution in [1.29, 1.82) is 0 Å². The number of carboxylic acid groups (broad SMARTS) is 1. The highest BCUT2D eigenvalue weighted by Crippen LogP contribution is 2.30. The highest BCUT2D eigenvalue weighted by Gasteiger charge is 2.31. The summed E-state index contributed by atoms with van der Waals surface area (Å²) in [6.45, 7) is 0.0142. The summed E-state index contributed by atoms with van der Waals surface area (Å²) >= 11 is 11.9. The number of ether oxygens (including phenoxy) is 1. The molecule has 0 aliphatic rings. The number of benzene rings is 3. The first kappa shape index (κ1) is 29.0. The van der Waals surface area contributed by atoms with Crippen LogP contribution in [0, 0.1) is 5.92 Å². The fourth-order valence-corrected chi connectivity index (χ4v) is 4.19. The third kappa shape index (κ3) is 6.97. The Kier molecular flexibility index (Phi) is 8.75. The Hall–Kier alpha value is -3.96. The summed E-state index contributed by atoms with van der Waals surface area (Å²) in [6.07, 6.45) is -5.08. The summed E-state index contributed by atoms with van der Waals surface area (Å²) in [4.78, 5) is 37.2. The van der Waals surface area contributed by atoms with Crippen molar-refractivity contribution in [2.75, 3.05) is 0 Å². The second kappa shape index (κ2) is 12.1. The molecule has 0 saturated carbocycles. The second-order valence-electron chi connectivity index (χ2n) is 8.86. The van der Waals surface area contributed by atoms with Gasteiger partial charge in [-0.2, -0.15) is 13.2 Å². The lowest BCUT2D eigenvalue weighted by atomic mass is 9.95. The van der Waals surface area contributed by atoms with Gasteiger partial charge in [0.25, 0.3) is 5.56 Å². The quantitative estimate of drug-likeness (QED) is 0.222. The number of ketones is 1. The van der Waals surface area contributed by atoms with Crippen LogP contribution in [0.1, 0.15) is 34.3 Å². The largest absolute Gasteiger partial charge is 0.489 e. The number of carbonyl (C=O) groups excluding carboxylic acids is 1. The summed E-state index contributed by atoms with van der Waals surface area (Å²) < 4.78 is 45.3. The molecular weight excluding hydrogens is 574 g/mol. The smallest absolute Gasteiger partial charge is 0.416 e. The van der Waals surface area contributed by atoms with E-state index in [1.165, 1.54) is 12.1 Å². The number of carbonyl (C=O) groups is 2. The van der Waals surface area contributed by atoms with E-state index in [1.54, 1.807) is 30.3 Å². The number of alkyl halides is 3. The third-order valence-corrected chi connectivity index (χ3v) is 6.83. The molecule has 0 amide bonds. The van der Waals surface area contributed by atoms with Gasteiger partial charge in [-0.25, -0.2) is 4.68 Å². The molecule has 0 bridgehead atoms. The van der Waals surface area contributed by atoms with E-state index in [1.807, 2.05) is 0 Å². The molecule has 4 aromatic rings. The van der Waals surface area contributed by atoms with Crippen LogP contribution < -0.4 is 10.3 Å². The highest BCUT2D eigenvalue weighted by atomic mass is 35.5. The molecule has 1 heterocycles. The molecule has 13 heteroatoms. The van der Waals surface area contributed by atoms with Gasteiger partial charge < -0.3 is 9.84 Å². The number of aryl methyl sites for hydroxylation is 1. The summed E-state index contributed by atoms with van der Waals surface area (Å²) in [5.74, 6) is -2.34. The van der Waals surface area contributed by atoms with Crippen molar-refractivity contribution < 1.29 is 32.6 Å². The zero-order chi connectivity index (χ0) is 29.0. The highest BCUT2D eigenvalue weighted by molar-refractivity contribution is 6.42. The van der Waals surface area contributed by atoms with Gasteiger partial charge in [-0.1, -0.05) is 34.5 Å². The minimum absolute atomic E-state index is 0.0904. The fourth-order valence-electron chi connectivity index (χ4n) is 3.87. The van der Waals surface area contributed by atoms with Crippen LogP contribution in [0.15, 0.2) is 65.5 Å². The predicted molar refractivity (Wildman–Crippen MR) is 141 cm³/mol. The molecular formula is C27H20Cl2F3N3O5. The van der Waals surface area contributed by atoms with Gasteiger partial charge in [0.1, 0.15) is 17.9 Å². The number of aliphatic carboxylic acids is 1. The van der Waals surface area contributed by atoms with Gasteiger partial charge in [-0.15, -0.1) is 5.10 Å². The van der Waals surface area contributed by atoms with Crippen molar-refractivity contribution in [3.05, 3.63) is 97.8 Å². The molecule has 40 heavy (non-hydrogen) atoms. The molecule has 1 aromatic heterocycles. The Morgan fingerprint density at radius 2 is 1.73 bits per heavy atom. The first-order valence-corrected chi connectivity index (χ1v) is 12.6. The summed E-state index contributed by atoms with van der Waals surface area (Å²) in [5.41, 5.74) is -0.852. The van der Waals surface area contributed by atoms with Gasteiger partial charge in [0.15, 0.2) is 5.78 Å². The van der Waals surface area contributed by atoms with E-state index in [9.17, 15) is 32.7 Å². The first-order valence-electron chi connectivity index (χ1n) is 11.8. The van der Waals surface area contributed by atoms with Crippen LogP contribution in [0.4, 0.5) is 13.2 Å². The van der Waals surface area contributed by atoms with Crippen LogP contribution in [0.5, 0.6) is 5.75 Å². The van der Waals surface area contributed by atoms with E-state index in [-0.39, 0.29) is 42.5 Å². The molecule has 8 nitrogen and oxygen atoms in total. The minimum atomic E-state index is -4.61. The summed E-state index contributed by atoms with van der Waals surface area (Å²) in [7, 11) is 0. The minimum Gasteiger partial charge on any atom is -0.489 e. The monoisotopic (exact) mass is 593 g/mol. The summed E-state index contributed by atoms with van der Waals surface area (Å²) in [6, 6.07) is 13.8. The van der Waals surface area contributed by atoms with Crippen LogP contribution in [-0.2, 0) is 24.1 Å². The third-order valence-electron chi connectivity index (χ3n) is 6.09. The van der Waals surface area contributed by atoms with Gasteiger partial charge in [-0.05, 0) is 66.6 Å². The van der Waals surface area contributed by atoms with Crippen LogP contribution >= 0.6 is 23.2 Å². The number of aromatic nitrogens is 3. The maximum Gasteiger partial charge on any atom is 0.416 e. The molecule has 208 valence electrons. The lowest BCUT2D eigenvalue weighted by molar-refractivity contribution is -0.142. The molecule has 0 radical (unpaired) electrons. The van der Waals surface area contributed by atoms with Crippen molar-refractivity contribution in [3.8, 4) is 5.75 Å². The number of rotatable bonds is 10. The van der Waals surface area contributed by atoms with Gasteiger partial charge >= 0.3 is 12.1 Å². The average molecular weight is 594 g/mol. The summed E-state index contributed by atoms with van der Waals surface area (Å²) in [5, 5.41) is 17.7. The zero-order valence-electron chi connectivity index (χ0n) is 20.5. The molecule has 0 spiro atoms. The van der Waals surface area contributed by atoms with Crippen molar-refractivity contribution >= 4 is 45.9 Å². The Labute approximate surface area is 234 Å². The fraction of sp³-hybridized carbons (Fsp3) is 0.222. The second-order valence-corrected chi connectivity index (χ2v) is 9.67.